The van der Waals surface area contributed by atoms with Gasteiger partial charge in [0.05, 0.1) is 0 Å². The quantitative estimate of drug-likeness (QED) is 0.734. The lowest BCUT2D eigenvalue weighted by Crippen LogP contribution is -2.44. The molecule has 1 heterocycles. The molecule has 0 aliphatic rings. The minimum atomic E-state index is -0.786. The van der Waals surface area contributed by atoms with Crippen molar-refractivity contribution < 1.29 is 14.0 Å². The summed E-state index contributed by atoms with van der Waals surface area (Å²) in [6.45, 7) is 3.28. The maximum atomic E-state index is 11.7. The smallest absolute Gasteiger partial charge is 0.336 e. The van der Waals surface area contributed by atoms with Gasteiger partial charge in [0.15, 0.2) is 0 Å². The van der Waals surface area contributed by atoms with Gasteiger partial charge in [0.1, 0.15) is 11.6 Å². The Morgan fingerprint density at radius 1 is 1.29 bits per heavy atom. The molecule has 7 heteroatoms. The summed E-state index contributed by atoms with van der Waals surface area (Å²) in [4.78, 5) is 33.9. The second kappa shape index (κ2) is 5.66. The number of hydrogen-bond donors (Lipinski definition) is 3. The molecule has 0 saturated carbocycles. The van der Waals surface area contributed by atoms with E-state index in [2.05, 4.69) is 10.6 Å². The molecule has 0 aliphatic carbocycles. The van der Waals surface area contributed by atoms with E-state index in [4.69, 9.17) is 10.2 Å². The summed E-state index contributed by atoms with van der Waals surface area (Å²) in [6.07, 6.45) is 0. The van der Waals surface area contributed by atoms with Crippen LogP contribution in [0.5, 0.6) is 0 Å². The van der Waals surface area contributed by atoms with Crippen LogP contribution in [-0.4, -0.2) is 18.0 Å². The number of benzene rings is 1. The monoisotopic (exact) mass is 289 g/mol. The molecule has 0 radical (unpaired) electrons. The number of nitrogens with two attached hydrogens (primary N) is 1. The number of primary amides is 1. The van der Waals surface area contributed by atoms with Crippen molar-refractivity contribution in [2.45, 2.75) is 19.9 Å². The van der Waals surface area contributed by atoms with Crippen LogP contribution >= 0.6 is 0 Å². The summed E-state index contributed by atoms with van der Waals surface area (Å²) in [5.74, 6) is -0.634. The molecule has 21 heavy (non-hydrogen) atoms. The van der Waals surface area contributed by atoms with Crippen molar-refractivity contribution in [1.29, 1.82) is 0 Å². The summed E-state index contributed by atoms with van der Waals surface area (Å²) in [5, 5.41) is 5.70. The highest BCUT2D eigenvalue weighted by Gasteiger charge is 2.12. The first-order valence-corrected chi connectivity index (χ1v) is 6.28. The molecule has 7 nitrogen and oxygen atoms in total. The van der Waals surface area contributed by atoms with E-state index in [0.29, 0.717) is 11.3 Å². The number of urea groups is 1. The maximum Gasteiger partial charge on any atom is 0.336 e. The van der Waals surface area contributed by atoms with Crippen molar-refractivity contribution in [3.63, 3.8) is 0 Å². The van der Waals surface area contributed by atoms with E-state index < -0.39 is 23.6 Å². The van der Waals surface area contributed by atoms with E-state index in [-0.39, 0.29) is 0 Å². The van der Waals surface area contributed by atoms with Crippen molar-refractivity contribution in [2.24, 2.45) is 5.73 Å². The third kappa shape index (κ3) is 3.38. The first kappa shape index (κ1) is 14.6. The average Bonchev–Trinajstić information content (AvgIpc) is 2.37. The van der Waals surface area contributed by atoms with Gasteiger partial charge in [-0.25, -0.2) is 9.59 Å². The summed E-state index contributed by atoms with van der Waals surface area (Å²) in [5.41, 5.74) is 6.20. The Balaban J connectivity index is 2.22. The molecule has 2 rings (SSSR count). The number of rotatable bonds is 3. The largest absolute Gasteiger partial charge is 0.423 e. The minimum Gasteiger partial charge on any atom is -0.423 e. The van der Waals surface area contributed by atoms with Gasteiger partial charge in [-0.05, 0) is 31.5 Å². The Labute approximate surface area is 120 Å². The summed E-state index contributed by atoms with van der Waals surface area (Å²) in [6, 6.07) is 4.99. The summed E-state index contributed by atoms with van der Waals surface area (Å²) < 4.78 is 5.08. The SMILES string of the molecule is Cc1cc(=O)oc2cc(NC(=O)N[C@H](C)C(N)=O)ccc12. The average molecular weight is 289 g/mol. The van der Waals surface area contributed by atoms with Gasteiger partial charge in [0, 0.05) is 23.2 Å². The van der Waals surface area contributed by atoms with Crippen LogP contribution in [0.4, 0.5) is 10.5 Å². The molecule has 0 aliphatic heterocycles. The molecule has 110 valence electrons. The van der Waals surface area contributed by atoms with E-state index in [1.807, 2.05) is 0 Å². The highest BCUT2D eigenvalue weighted by Crippen LogP contribution is 2.20. The molecule has 3 amide bonds. The van der Waals surface area contributed by atoms with E-state index in [9.17, 15) is 14.4 Å². The Bertz CT molecular complexity index is 766. The first-order chi connectivity index (χ1) is 9.86. The molecule has 0 fully saturated rings. The Morgan fingerprint density at radius 2 is 2.00 bits per heavy atom. The number of carbonyl (C=O) groups excluding carboxylic acids is 2. The third-order valence-electron chi connectivity index (χ3n) is 2.98. The van der Waals surface area contributed by atoms with Gasteiger partial charge in [0.25, 0.3) is 0 Å². The van der Waals surface area contributed by atoms with E-state index in [0.717, 1.165) is 10.9 Å². The lowest BCUT2D eigenvalue weighted by atomic mass is 10.1. The molecule has 1 atom stereocenters. The number of hydrogen-bond acceptors (Lipinski definition) is 4. The van der Waals surface area contributed by atoms with Crippen LogP contribution in [0.15, 0.2) is 33.5 Å². The Hall–Kier alpha value is -2.83. The van der Waals surface area contributed by atoms with E-state index >= 15 is 0 Å². The van der Waals surface area contributed by atoms with Gasteiger partial charge < -0.3 is 20.8 Å². The lowest BCUT2D eigenvalue weighted by Gasteiger charge is -2.11. The minimum absolute atomic E-state index is 0.376. The standard InChI is InChI=1S/C14H15N3O4/c1-7-5-12(18)21-11-6-9(3-4-10(7)11)17-14(20)16-8(2)13(15)19/h3-6,8H,1-2H3,(H2,15,19)(H2,16,17,20)/t8-/m1/s1. The molecule has 0 bridgehead atoms. The maximum absolute atomic E-state index is 11.7. The van der Waals surface area contributed by atoms with Crippen LogP contribution in [0.2, 0.25) is 0 Å². The second-order valence-corrected chi connectivity index (χ2v) is 4.68. The highest BCUT2D eigenvalue weighted by atomic mass is 16.4. The number of carbonyl (C=O) groups is 2. The number of fused-ring (bicyclic) bond motifs is 1. The van der Waals surface area contributed by atoms with Crippen LogP contribution in [0.3, 0.4) is 0 Å². The number of anilines is 1. The number of aryl methyl sites for hydroxylation is 1. The number of amides is 3. The normalized spacial score (nSPS) is 11.9. The highest BCUT2D eigenvalue weighted by molar-refractivity contribution is 5.95. The Kier molecular flexibility index (Phi) is 3.93. The van der Waals surface area contributed by atoms with Crippen LogP contribution in [0.1, 0.15) is 12.5 Å². The van der Waals surface area contributed by atoms with Crippen LogP contribution in [0.25, 0.3) is 11.0 Å². The third-order valence-corrected chi connectivity index (χ3v) is 2.98. The van der Waals surface area contributed by atoms with Crippen molar-refractivity contribution in [3.05, 3.63) is 40.2 Å². The molecular formula is C14H15N3O4. The van der Waals surface area contributed by atoms with E-state index in [1.165, 1.54) is 19.1 Å². The zero-order valence-corrected chi connectivity index (χ0v) is 11.6. The fraction of sp³-hybridized carbons (Fsp3) is 0.214. The first-order valence-electron chi connectivity index (χ1n) is 6.28. The molecule has 0 saturated heterocycles. The van der Waals surface area contributed by atoms with Crippen LogP contribution in [0, 0.1) is 6.92 Å². The molecular weight excluding hydrogens is 274 g/mol. The lowest BCUT2D eigenvalue weighted by molar-refractivity contribution is -0.119. The molecule has 1 aromatic heterocycles. The fourth-order valence-electron chi connectivity index (χ4n) is 1.84. The predicted molar refractivity (Wildman–Crippen MR) is 78.0 cm³/mol. The van der Waals surface area contributed by atoms with Crippen molar-refractivity contribution >= 4 is 28.6 Å². The summed E-state index contributed by atoms with van der Waals surface area (Å²) in [7, 11) is 0. The van der Waals surface area contributed by atoms with Crippen LogP contribution < -0.4 is 22.0 Å². The molecule has 0 spiro atoms. The summed E-state index contributed by atoms with van der Waals surface area (Å²) >= 11 is 0. The zero-order chi connectivity index (χ0) is 15.6. The zero-order valence-electron chi connectivity index (χ0n) is 11.6. The van der Waals surface area contributed by atoms with E-state index in [1.54, 1.807) is 19.1 Å². The van der Waals surface area contributed by atoms with Gasteiger partial charge >= 0.3 is 11.7 Å². The second-order valence-electron chi connectivity index (χ2n) is 4.68. The van der Waals surface area contributed by atoms with Gasteiger partial charge in [-0.15, -0.1) is 0 Å². The van der Waals surface area contributed by atoms with Crippen LogP contribution in [-0.2, 0) is 4.79 Å². The van der Waals surface area contributed by atoms with Gasteiger partial charge in [-0.1, -0.05) is 0 Å². The predicted octanol–water partition coefficient (Wildman–Crippen LogP) is 1.10. The van der Waals surface area contributed by atoms with Gasteiger partial charge in [-0.3, -0.25) is 4.79 Å². The molecule has 2 aromatic rings. The molecule has 0 unspecified atom stereocenters. The Morgan fingerprint density at radius 3 is 2.67 bits per heavy atom. The van der Waals surface area contributed by atoms with Crippen molar-refractivity contribution in [1.82, 2.24) is 5.32 Å². The van der Waals surface area contributed by atoms with Gasteiger partial charge in [0.2, 0.25) is 5.91 Å². The van der Waals surface area contributed by atoms with Crippen molar-refractivity contribution in [3.8, 4) is 0 Å². The molecule has 1 aromatic carbocycles. The topological polar surface area (TPSA) is 114 Å². The van der Waals surface area contributed by atoms with Gasteiger partial charge in [-0.2, -0.15) is 0 Å². The molecule has 4 N–H and O–H groups in total. The van der Waals surface area contributed by atoms with Crippen molar-refractivity contribution in [2.75, 3.05) is 5.32 Å². The fourth-order valence-corrected chi connectivity index (χ4v) is 1.84. The number of nitrogens with one attached hydrogen (secondary N) is 2.